The zero-order valence-corrected chi connectivity index (χ0v) is 14.6. The maximum Gasteiger partial charge on any atom is 0.409 e. The van der Waals surface area contributed by atoms with Gasteiger partial charge in [0.15, 0.2) is 5.96 Å². The van der Waals surface area contributed by atoms with Crippen LogP contribution in [0.1, 0.15) is 26.2 Å². The number of hydrogen-bond donors (Lipinski definition) is 2. The standard InChI is InChI=1S/C16H28N6O2/c1-3-24-16(23)21-12-6-14(7-13-21)20-15(17-2)18-8-4-10-22-11-5-9-19-22/h5,9,11,14H,3-4,6-8,10,12-13H2,1-2H3,(H2,17,18,20). The molecule has 0 radical (unpaired) electrons. The number of guanidine groups is 1. The van der Waals surface area contributed by atoms with Crippen LogP contribution in [-0.2, 0) is 11.3 Å². The van der Waals surface area contributed by atoms with Gasteiger partial charge in [-0.15, -0.1) is 0 Å². The molecule has 1 aromatic rings. The van der Waals surface area contributed by atoms with Gasteiger partial charge in [-0.2, -0.15) is 5.10 Å². The Morgan fingerprint density at radius 1 is 1.42 bits per heavy atom. The van der Waals surface area contributed by atoms with E-state index in [1.54, 1.807) is 18.1 Å². The second kappa shape index (κ2) is 9.79. The van der Waals surface area contributed by atoms with Crippen LogP contribution in [0.3, 0.4) is 0 Å². The summed E-state index contributed by atoms with van der Waals surface area (Å²) in [4.78, 5) is 17.7. The van der Waals surface area contributed by atoms with Crippen molar-refractivity contribution in [3.05, 3.63) is 18.5 Å². The molecule has 2 rings (SSSR count). The minimum Gasteiger partial charge on any atom is -0.450 e. The molecule has 0 saturated carbocycles. The van der Waals surface area contributed by atoms with Crippen molar-refractivity contribution >= 4 is 12.1 Å². The highest BCUT2D eigenvalue weighted by Gasteiger charge is 2.23. The highest BCUT2D eigenvalue weighted by Crippen LogP contribution is 2.11. The number of aliphatic imine (C=N–C) groups is 1. The van der Waals surface area contributed by atoms with Gasteiger partial charge >= 0.3 is 6.09 Å². The van der Waals surface area contributed by atoms with E-state index in [4.69, 9.17) is 4.74 Å². The Hall–Kier alpha value is -2.25. The van der Waals surface area contributed by atoms with Crippen LogP contribution in [-0.4, -0.2) is 66.1 Å². The fourth-order valence-electron chi connectivity index (χ4n) is 2.69. The van der Waals surface area contributed by atoms with Crippen molar-refractivity contribution in [1.82, 2.24) is 25.3 Å². The highest BCUT2D eigenvalue weighted by molar-refractivity contribution is 5.80. The summed E-state index contributed by atoms with van der Waals surface area (Å²) in [5.41, 5.74) is 0. The zero-order chi connectivity index (χ0) is 17.2. The van der Waals surface area contributed by atoms with E-state index in [1.807, 2.05) is 23.9 Å². The van der Waals surface area contributed by atoms with Crippen LogP contribution in [0.15, 0.2) is 23.5 Å². The molecule has 1 aliphatic heterocycles. The van der Waals surface area contributed by atoms with Crippen molar-refractivity contribution in [2.75, 3.05) is 33.3 Å². The quantitative estimate of drug-likeness (QED) is 0.461. The number of rotatable bonds is 6. The Bertz CT molecular complexity index is 509. The molecule has 1 amide bonds. The summed E-state index contributed by atoms with van der Waals surface area (Å²) in [5, 5.41) is 10.9. The number of aromatic nitrogens is 2. The van der Waals surface area contributed by atoms with E-state index in [2.05, 4.69) is 20.7 Å². The molecule has 8 nitrogen and oxygen atoms in total. The number of ether oxygens (including phenoxy) is 1. The Morgan fingerprint density at radius 3 is 2.83 bits per heavy atom. The summed E-state index contributed by atoms with van der Waals surface area (Å²) < 4.78 is 6.96. The average Bonchev–Trinajstić information content (AvgIpc) is 3.12. The number of aryl methyl sites for hydroxylation is 1. The average molecular weight is 336 g/mol. The molecule has 1 fully saturated rings. The molecule has 2 heterocycles. The predicted molar refractivity (Wildman–Crippen MR) is 93.0 cm³/mol. The summed E-state index contributed by atoms with van der Waals surface area (Å²) in [6.07, 6.45) is 6.31. The van der Waals surface area contributed by atoms with E-state index in [9.17, 15) is 4.79 Å². The fourth-order valence-corrected chi connectivity index (χ4v) is 2.69. The maximum atomic E-state index is 11.7. The van der Waals surface area contributed by atoms with Gasteiger partial charge in [0.25, 0.3) is 0 Å². The van der Waals surface area contributed by atoms with Crippen LogP contribution in [0.2, 0.25) is 0 Å². The van der Waals surface area contributed by atoms with Crippen molar-refractivity contribution in [3.63, 3.8) is 0 Å². The van der Waals surface area contributed by atoms with Crippen LogP contribution < -0.4 is 10.6 Å². The first-order chi connectivity index (χ1) is 11.7. The number of amides is 1. The molecule has 2 N–H and O–H groups in total. The largest absolute Gasteiger partial charge is 0.450 e. The molecule has 1 aromatic heterocycles. The van der Waals surface area contributed by atoms with E-state index < -0.39 is 0 Å². The number of hydrogen-bond acceptors (Lipinski definition) is 4. The lowest BCUT2D eigenvalue weighted by molar-refractivity contribution is 0.0963. The normalized spacial score (nSPS) is 16.1. The Labute approximate surface area is 143 Å². The van der Waals surface area contributed by atoms with Gasteiger partial charge in [-0.05, 0) is 32.3 Å². The first-order valence-corrected chi connectivity index (χ1v) is 8.59. The van der Waals surface area contributed by atoms with E-state index in [0.717, 1.165) is 38.3 Å². The second-order valence-corrected chi connectivity index (χ2v) is 5.73. The molecule has 134 valence electrons. The van der Waals surface area contributed by atoms with Gasteiger partial charge < -0.3 is 20.3 Å². The second-order valence-electron chi connectivity index (χ2n) is 5.73. The lowest BCUT2D eigenvalue weighted by atomic mass is 10.1. The molecule has 0 bridgehead atoms. The minimum absolute atomic E-state index is 0.211. The Morgan fingerprint density at radius 2 is 2.21 bits per heavy atom. The molecular weight excluding hydrogens is 308 g/mol. The zero-order valence-electron chi connectivity index (χ0n) is 14.6. The highest BCUT2D eigenvalue weighted by atomic mass is 16.6. The molecule has 1 aliphatic rings. The molecule has 1 saturated heterocycles. The summed E-state index contributed by atoms with van der Waals surface area (Å²) in [6.45, 7) is 5.40. The summed E-state index contributed by atoms with van der Waals surface area (Å²) >= 11 is 0. The number of carbonyl (C=O) groups is 1. The number of carbonyl (C=O) groups excluding carboxylic acids is 1. The smallest absolute Gasteiger partial charge is 0.409 e. The number of nitrogens with one attached hydrogen (secondary N) is 2. The number of nitrogens with zero attached hydrogens (tertiary/aromatic N) is 4. The molecule has 0 unspecified atom stereocenters. The lowest BCUT2D eigenvalue weighted by Crippen LogP contribution is -2.50. The van der Waals surface area contributed by atoms with Crippen molar-refractivity contribution in [3.8, 4) is 0 Å². The van der Waals surface area contributed by atoms with Crippen molar-refractivity contribution < 1.29 is 9.53 Å². The van der Waals surface area contributed by atoms with Crippen LogP contribution in [0.25, 0.3) is 0 Å². The monoisotopic (exact) mass is 336 g/mol. The molecule has 0 aliphatic carbocycles. The molecule has 0 aromatic carbocycles. The number of piperidine rings is 1. The Kier molecular flexibility index (Phi) is 7.38. The van der Waals surface area contributed by atoms with E-state index >= 15 is 0 Å². The molecular formula is C16H28N6O2. The van der Waals surface area contributed by atoms with Gasteiger partial charge in [0.1, 0.15) is 0 Å². The van der Waals surface area contributed by atoms with Gasteiger partial charge in [-0.3, -0.25) is 9.67 Å². The van der Waals surface area contributed by atoms with Crippen LogP contribution >= 0.6 is 0 Å². The van der Waals surface area contributed by atoms with Crippen molar-refractivity contribution in [2.45, 2.75) is 38.8 Å². The topological polar surface area (TPSA) is 83.8 Å². The molecule has 0 atom stereocenters. The van der Waals surface area contributed by atoms with E-state index in [-0.39, 0.29) is 6.09 Å². The van der Waals surface area contributed by atoms with Gasteiger partial charge in [0.05, 0.1) is 6.61 Å². The SMILES string of the molecule is CCOC(=O)N1CCC(NC(=NC)NCCCn2cccn2)CC1. The predicted octanol–water partition coefficient (Wildman–Crippen LogP) is 1.06. The Balaban J connectivity index is 1.63. The van der Waals surface area contributed by atoms with E-state index in [1.165, 1.54) is 0 Å². The van der Waals surface area contributed by atoms with E-state index in [0.29, 0.717) is 25.7 Å². The molecule has 8 heteroatoms. The van der Waals surface area contributed by atoms with Gasteiger partial charge in [0.2, 0.25) is 0 Å². The van der Waals surface area contributed by atoms with Crippen LogP contribution in [0, 0.1) is 0 Å². The molecule has 24 heavy (non-hydrogen) atoms. The van der Waals surface area contributed by atoms with Gasteiger partial charge in [-0.25, -0.2) is 4.79 Å². The first kappa shape index (κ1) is 18.1. The third kappa shape index (κ3) is 5.75. The van der Waals surface area contributed by atoms with Crippen LogP contribution in [0.5, 0.6) is 0 Å². The third-order valence-corrected chi connectivity index (χ3v) is 4.00. The van der Waals surface area contributed by atoms with Crippen molar-refractivity contribution in [2.24, 2.45) is 4.99 Å². The third-order valence-electron chi connectivity index (χ3n) is 4.00. The van der Waals surface area contributed by atoms with Crippen LogP contribution in [0.4, 0.5) is 4.79 Å². The number of likely N-dealkylation sites (tertiary alicyclic amines) is 1. The summed E-state index contributed by atoms with van der Waals surface area (Å²) in [5.74, 6) is 0.810. The first-order valence-electron chi connectivity index (χ1n) is 8.59. The summed E-state index contributed by atoms with van der Waals surface area (Å²) in [7, 11) is 1.77. The minimum atomic E-state index is -0.211. The van der Waals surface area contributed by atoms with Crippen molar-refractivity contribution in [1.29, 1.82) is 0 Å². The fraction of sp³-hybridized carbons (Fsp3) is 0.688. The van der Waals surface area contributed by atoms with Gasteiger partial charge in [0, 0.05) is 51.7 Å². The summed E-state index contributed by atoms with van der Waals surface area (Å²) in [6, 6.07) is 2.25. The molecule has 0 spiro atoms. The lowest BCUT2D eigenvalue weighted by Gasteiger charge is -2.32. The maximum absolute atomic E-state index is 11.7. The van der Waals surface area contributed by atoms with Gasteiger partial charge in [-0.1, -0.05) is 0 Å².